The molecule has 0 aliphatic carbocycles. The first-order valence-corrected chi connectivity index (χ1v) is 16.9. The Kier molecular flexibility index (Phi) is 11.5. The lowest BCUT2D eigenvalue weighted by Gasteiger charge is -2.40. The maximum atomic E-state index is 15.8. The third kappa shape index (κ3) is 9.13. The van der Waals surface area contributed by atoms with Crippen molar-refractivity contribution in [3.05, 3.63) is 77.8 Å². The van der Waals surface area contributed by atoms with Gasteiger partial charge in [-0.05, 0) is 70.2 Å². The summed E-state index contributed by atoms with van der Waals surface area (Å²) in [4.78, 5) is 35.0. The van der Waals surface area contributed by atoms with Gasteiger partial charge in [0.2, 0.25) is 0 Å². The van der Waals surface area contributed by atoms with Crippen LogP contribution in [-0.2, 0) is 16.0 Å². The quantitative estimate of drug-likeness (QED) is 0.275. The fraction of sp³-hybridized carbons (Fsp3) is 0.528. The van der Waals surface area contributed by atoms with E-state index in [2.05, 4.69) is 5.32 Å². The van der Waals surface area contributed by atoms with E-state index in [1.54, 1.807) is 38.8 Å². The summed E-state index contributed by atoms with van der Waals surface area (Å²) in [5.74, 6) is -1.71. The largest absolute Gasteiger partial charge is 0.444 e. The number of benzene rings is 2. The lowest BCUT2D eigenvalue weighted by Crippen LogP contribution is -2.52. The number of carbonyl (C=O) groups is 2. The number of imidazole rings is 1. The monoisotopic (exact) mass is 684 g/mol. The van der Waals surface area contributed by atoms with Crippen molar-refractivity contribution in [2.24, 2.45) is 17.6 Å². The molecule has 10 nitrogen and oxygen atoms in total. The Balaban J connectivity index is 1.60. The Morgan fingerprint density at radius 1 is 1.12 bits per heavy atom. The van der Waals surface area contributed by atoms with Crippen molar-refractivity contribution < 1.29 is 32.2 Å². The first-order valence-electron chi connectivity index (χ1n) is 16.9. The molecule has 3 unspecified atom stereocenters. The van der Waals surface area contributed by atoms with E-state index >= 15 is 8.78 Å². The summed E-state index contributed by atoms with van der Waals surface area (Å²) in [7, 11) is 0. The number of nitrogens with one attached hydrogen (secondary N) is 1. The van der Waals surface area contributed by atoms with Crippen LogP contribution < -0.4 is 11.1 Å². The highest BCUT2D eigenvalue weighted by molar-refractivity contribution is 5.75. The van der Waals surface area contributed by atoms with Crippen molar-refractivity contribution in [2.75, 3.05) is 39.4 Å². The Morgan fingerprint density at radius 2 is 1.84 bits per heavy atom. The van der Waals surface area contributed by atoms with Gasteiger partial charge in [-0.2, -0.15) is 0 Å². The molecule has 2 fully saturated rings. The smallest absolute Gasteiger partial charge is 0.410 e. The topological polar surface area (TPSA) is 115 Å². The maximum Gasteiger partial charge on any atom is 0.410 e. The third-order valence-electron chi connectivity index (χ3n) is 8.95. The summed E-state index contributed by atoms with van der Waals surface area (Å²) in [6.07, 6.45) is 0.785. The molecule has 5 rings (SSSR count). The molecule has 1 aromatic heterocycles. The number of aromatic nitrogens is 2. The van der Waals surface area contributed by atoms with Crippen LogP contribution in [0.5, 0.6) is 0 Å². The lowest BCUT2D eigenvalue weighted by molar-refractivity contribution is 0.0236. The predicted octanol–water partition coefficient (Wildman–Crippen LogP) is 5.91. The number of hydrogen-bond acceptors (Lipinski definition) is 6. The van der Waals surface area contributed by atoms with Gasteiger partial charge in [-0.3, -0.25) is 0 Å². The second-order valence-electron chi connectivity index (χ2n) is 14.0. The lowest BCUT2D eigenvalue weighted by atomic mass is 9.89. The van der Waals surface area contributed by atoms with Crippen molar-refractivity contribution in [1.82, 2.24) is 24.7 Å². The van der Waals surface area contributed by atoms with Crippen molar-refractivity contribution in [2.45, 2.75) is 70.9 Å². The summed E-state index contributed by atoms with van der Waals surface area (Å²) in [5, 5.41) is 2.95. The molecule has 266 valence electrons. The zero-order chi connectivity index (χ0) is 35.3. The summed E-state index contributed by atoms with van der Waals surface area (Å²) >= 11 is 0. The molecule has 0 spiro atoms. The summed E-state index contributed by atoms with van der Waals surface area (Å²) < 4.78 is 58.5. The second kappa shape index (κ2) is 15.6. The minimum Gasteiger partial charge on any atom is -0.444 e. The number of urea groups is 1. The number of alkyl halides is 1. The molecule has 2 aliphatic heterocycles. The SMILES string of the molecule is C[C@@H](CN)NC(=O)N(CC1CN(C(=O)OC(C)(C)C)CC1F)C(c1nc(-c2cc(F)ccc2F)cn1Cc1ccccc1)C1CCOCC1. The van der Waals surface area contributed by atoms with Gasteiger partial charge in [0, 0.05) is 63.1 Å². The molecule has 3 aromatic rings. The summed E-state index contributed by atoms with van der Waals surface area (Å²) in [6.45, 7) is 8.25. The van der Waals surface area contributed by atoms with Gasteiger partial charge in [-0.25, -0.2) is 27.7 Å². The van der Waals surface area contributed by atoms with E-state index in [0.717, 1.165) is 23.8 Å². The molecule has 4 atom stereocenters. The average molecular weight is 685 g/mol. The molecule has 2 aliphatic rings. The number of hydrogen-bond donors (Lipinski definition) is 2. The van der Waals surface area contributed by atoms with Crippen LogP contribution in [-0.4, -0.2) is 88.7 Å². The Hall–Kier alpha value is -4.10. The van der Waals surface area contributed by atoms with Gasteiger partial charge in [-0.15, -0.1) is 0 Å². The average Bonchev–Trinajstić information content (AvgIpc) is 3.64. The van der Waals surface area contributed by atoms with Gasteiger partial charge in [0.05, 0.1) is 18.3 Å². The molecule has 3 amide bonds. The summed E-state index contributed by atoms with van der Waals surface area (Å²) in [6, 6.07) is 11.2. The molecule has 3 N–H and O–H groups in total. The van der Waals surface area contributed by atoms with Crippen LogP contribution in [0.4, 0.5) is 22.8 Å². The molecule has 0 radical (unpaired) electrons. The number of likely N-dealkylation sites (tertiary alicyclic amines) is 1. The van der Waals surface area contributed by atoms with Crippen molar-refractivity contribution in [3.8, 4) is 11.3 Å². The van der Waals surface area contributed by atoms with E-state index in [1.165, 1.54) is 4.90 Å². The Morgan fingerprint density at radius 3 is 2.51 bits per heavy atom. The second-order valence-corrected chi connectivity index (χ2v) is 14.0. The van der Waals surface area contributed by atoms with Crippen LogP contribution in [0.25, 0.3) is 11.3 Å². The van der Waals surface area contributed by atoms with Crippen molar-refractivity contribution >= 4 is 12.1 Å². The van der Waals surface area contributed by atoms with Crippen molar-refractivity contribution in [1.29, 1.82) is 0 Å². The first kappa shape index (κ1) is 36.2. The van der Waals surface area contributed by atoms with E-state index < -0.39 is 53.5 Å². The molecular formula is C36H47F3N6O4. The Labute approximate surface area is 285 Å². The zero-order valence-corrected chi connectivity index (χ0v) is 28.6. The van der Waals surface area contributed by atoms with Crippen LogP contribution in [0.15, 0.2) is 54.7 Å². The van der Waals surface area contributed by atoms with Crippen LogP contribution in [0, 0.1) is 23.5 Å². The minimum atomic E-state index is -1.42. The molecule has 3 heterocycles. The minimum absolute atomic E-state index is 0.0147. The van der Waals surface area contributed by atoms with Gasteiger partial charge in [0.1, 0.15) is 29.2 Å². The number of halogens is 3. The van der Waals surface area contributed by atoms with Crippen LogP contribution in [0.3, 0.4) is 0 Å². The number of nitrogens with two attached hydrogens (primary N) is 1. The molecular weight excluding hydrogens is 637 g/mol. The zero-order valence-electron chi connectivity index (χ0n) is 28.6. The Bertz CT molecular complexity index is 1580. The van der Waals surface area contributed by atoms with Crippen LogP contribution in [0.2, 0.25) is 0 Å². The van der Waals surface area contributed by atoms with E-state index in [9.17, 15) is 14.0 Å². The molecule has 0 bridgehead atoms. The summed E-state index contributed by atoms with van der Waals surface area (Å²) in [5.41, 5.74) is 6.26. The first-order chi connectivity index (χ1) is 23.3. The van der Waals surface area contributed by atoms with Gasteiger partial charge in [-0.1, -0.05) is 30.3 Å². The number of ether oxygens (including phenoxy) is 2. The molecule has 13 heteroatoms. The van der Waals surface area contributed by atoms with Crippen LogP contribution in [0.1, 0.15) is 58.0 Å². The number of rotatable bonds is 10. The molecule has 49 heavy (non-hydrogen) atoms. The highest BCUT2D eigenvalue weighted by Crippen LogP contribution is 2.38. The van der Waals surface area contributed by atoms with E-state index in [4.69, 9.17) is 20.2 Å². The third-order valence-corrected chi connectivity index (χ3v) is 8.95. The van der Waals surface area contributed by atoms with E-state index in [0.29, 0.717) is 38.4 Å². The maximum absolute atomic E-state index is 15.8. The fourth-order valence-corrected chi connectivity index (χ4v) is 6.44. The predicted molar refractivity (Wildman–Crippen MR) is 179 cm³/mol. The van der Waals surface area contributed by atoms with Gasteiger partial charge in [0.15, 0.2) is 0 Å². The number of carbonyl (C=O) groups excluding carboxylic acids is 2. The van der Waals surface area contributed by atoms with Crippen molar-refractivity contribution in [3.63, 3.8) is 0 Å². The fourth-order valence-electron chi connectivity index (χ4n) is 6.44. The van der Waals surface area contributed by atoms with Gasteiger partial charge in [0.25, 0.3) is 0 Å². The number of amides is 3. The molecule has 2 saturated heterocycles. The highest BCUT2D eigenvalue weighted by atomic mass is 19.1. The number of nitrogens with zero attached hydrogens (tertiary/aromatic N) is 4. The highest BCUT2D eigenvalue weighted by Gasteiger charge is 2.43. The van der Waals surface area contributed by atoms with E-state index in [1.807, 2.05) is 34.9 Å². The molecule has 2 aromatic carbocycles. The molecule has 0 saturated carbocycles. The normalized spacial score (nSPS) is 19.8. The van der Waals surface area contributed by atoms with Gasteiger partial charge >= 0.3 is 12.1 Å². The standard InChI is InChI=1S/C36H47F3N6O4/c1-23(17-40)41-34(46)45(20-26-19-44(21-30(26)39)35(47)49-36(2,3)4)32(25-12-14-48-15-13-25)33-42-31(28-16-27(37)10-11-29(28)38)22-43(33)18-24-8-6-5-7-9-24/h5-11,16,22-23,25-26,30,32H,12-15,17-21,40H2,1-4H3,(H,41,46)/t23-,26?,30?,32?/m0/s1. The van der Waals surface area contributed by atoms with Gasteiger partial charge < -0.3 is 34.9 Å². The van der Waals surface area contributed by atoms with Crippen LogP contribution >= 0.6 is 0 Å². The van der Waals surface area contributed by atoms with E-state index in [-0.39, 0.29) is 43.4 Å².